The molecule has 0 bridgehead atoms. The van der Waals surface area contributed by atoms with Crippen LogP contribution in [0.5, 0.6) is 0 Å². The molecule has 0 radical (unpaired) electrons. The Morgan fingerprint density at radius 1 is 1.44 bits per heavy atom. The summed E-state index contributed by atoms with van der Waals surface area (Å²) in [6.07, 6.45) is 4.13. The smallest absolute Gasteiger partial charge is 0.251 e. The van der Waals surface area contributed by atoms with E-state index in [9.17, 15) is 4.79 Å². The zero-order chi connectivity index (χ0) is 12.0. The van der Waals surface area contributed by atoms with Crippen molar-refractivity contribution in [2.24, 2.45) is 0 Å². The Bertz CT molecular complexity index is 223. The Morgan fingerprint density at radius 2 is 2.19 bits per heavy atom. The van der Waals surface area contributed by atoms with Crippen LogP contribution in [0.3, 0.4) is 0 Å². The predicted octanol–water partition coefficient (Wildman–Crippen LogP) is 2.58. The normalized spacial score (nSPS) is 24.7. The number of hydrogen-bond donors (Lipinski definition) is 0. The molecule has 0 aromatic rings. The van der Waals surface area contributed by atoms with Gasteiger partial charge in [0, 0.05) is 18.4 Å². The van der Waals surface area contributed by atoms with Crippen molar-refractivity contribution in [1.82, 2.24) is 4.90 Å². The number of nitrogens with zero attached hydrogens (tertiary/aromatic N) is 1. The second kappa shape index (κ2) is 7.28. The zero-order valence-electron chi connectivity index (χ0n) is 10.2. The van der Waals surface area contributed by atoms with Gasteiger partial charge in [-0.05, 0) is 26.2 Å². The summed E-state index contributed by atoms with van der Waals surface area (Å²) in [5.74, 6) is 0.178. The average Bonchev–Trinajstić information content (AvgIpc) is 2.70. The van der Waals surface area contributed by atoms with Crippen LogP contribution in [0.25, 0.3) is 0 Å². The Balaban J connectivity index is 2.45. The minimum Gasteiger partial charge on any atom is -0.365 e. The SMILES string of the molecule is CCCCN(CCBr)C(=O)C1CCC(C)O1. The van der Waals surface area contributed by atoms with Crippen LogP contribution >= 0.6 is 15.9 Å². The number of ether oxygens (including phenoxy) is 1. The summed E-state index contributed by atoms with van der Waals surface area (Å²) in [4.78, 5) is 14.1. The van der Waals surface area contributed by atoms with Crippen LogP contribution in [0.1, 0.15) is 39.5 Å². The molecule has 0 spiro atoms. The molecule has 1 heterocycles. The van der Waals surface area contributed by atoms with Gasteiger partial charge in [0.2, 0.25) is 0 Å². The van der Waals surface area contributed by atoms with Gasteiger partial charge in [-0.2, -0.15) is 0 Å². The van der Waals surface area contributed by atoms with Crippen molar-refractivity contribution in [3.05, 3.63) is 0 Å². The summed E-state index contributed by atoms with van der Waals surface area (Å²) in [7, 11) is 0. The molecule has 1 amide bonds. The Labute approximate surface area is 107 Å². The van der Waals surface area contributed by atoms with Crippen LogP contribution in [0.2, 0.25) is 0 Å². The van der Waals surface area contributed by atoms with Crippen LogP contribution in [-0.4, -0.2) is 41.4 Å². The molecule has 0 aliphatic carbocycles. The van der Waals surface area contributed by atoms with Gasteiger partial charge in [0.05, 0.1) is 6.10 Å². The number of amides is 1. The van der Waals surface area contributed by atoms with Gasteiger partial charge in [-0.25, -0.2) is 0 Å². The molecule has 0 aromatic heterocycles. The van der Waals surface area contributed by atoms with Crippen molar-refractivity contribution < 1.29 is 9.53 Å². The van der Waals surface area contributed by atoms with Crippen molar-refractivity contribution >= 4 is 21.8 Å². The van der Waals surface area contributed by atoms with E-state index in [4.69, 9.17) is 4.74 Å². The largest absolute Gasteiger partial charge is 0.365 e. The van der Waals surface area contributed by atoms with E-state index in [1.54, 1.807) is 0 Å². The predicted molar refractivity (Wildman–Crippen MR) is 68.9 cm³/mol. The topological polar surface area (TPSA) is 29.5 Å². The zero-order valence-corrected chi connectivity index (χ0v) is 11.8. The second-order valence-electron chi connectivity index (χ2n) is 4.38. The molecule has 0 N–H and O–H groups in total. The highest BCUT2D eigenvalue weighted by atomic mass is 79.9. The first kappa shape index (κ1) is 14.0. The maximum absolute atomic E-state index is 12.2. The molecule has 2 unspecified atom stereocenters. The fourth-order valence-corrected chi connectivity index (χ4v) is 2.40. The summed E-state index contributed by atoms with van der Waals surface area (Å²) >= 11 is 3.40. The molecule has 2 atom stereocenters. The van der Waals surface area contributed by atoms with Crippen molar-refractivity contribution in [3.8, 4) is 0 Å². The second-order valence-corrected chi connectivity index (χ2v) is 5.17. The van der Waals surface area contributed by atoms with Crippen molar-refractivity contribution in [2.45, 2.75) is 51.7 Å². The molecule has 4 heteroatoms. The van der Waals surface area contributed by atoms with Crippen LogP contribution in [0.4, 0.5) is 0 Å². The van der Waals surface area contributed by atoms with Crippen LogP contribution in [0.15, 0.2) is 0 Å². The average molecular weight is 292 g/mol. The molecular weight excluding hydrogens is 270 g/mol. The summed E-state index contributed by atoms with van der Waals surface area (Å²) in [6, 6.07) is 0. The third kappa shape index (κ3) is 4.06. The first-order valence-electron chi connectivity index (χ1n) is 6.19. The Kier molecular flexibility index (Phi) is 6.36. The molecule has 1 fully saturated rings. The minimum absolute atomic E-state index is 0.178. The lowest BCUT2D eigenvalue weighted by atomic mass is 10.2. The van der Waals surface area contributed by atoms with Crippen LogP contribution in [-0.2, 0) is 9.53 Å². The highest BCUT2D eigenvalue weighted by molar-refractivity contribution is 9.09. The van der Waals surface area contributed by atoms with E-state index in [1.807, 2.05) is 11.8 Å². The number of alkyl halides is 1. The third-order valence-electron chi connectivity index (χ3n) is 2.96. The molecule has 1 saturated heterocycles. The van der Waals surface area contributed by atoms with Gasteiger partial charge in [-0.15, -0.1) is 0 Å². The lowest BCUT2D eigenvalue weighted by molar-refractivity contribution is -0.142. The van der Waals surface area contributed by atoms with Gasteiger partial charge in [-0.1, -0.05) is 29.3 Å². The van der Waals surface area contributed by atoms with Gasteiger partial charge in [0.25, 0.3) is 5.91 Å². The molecule has 16 heavy (non-hydrogen) atoms. The van der Waals surface area contributed by atoms with Gasteiger partial charge in [0.15, 0.2) is 0 Å². The highest BCUT2D eigenvalue weighted by Gasteiger charge is 2.30. The lowest BCUT2D eigenvalue weighted by Crippen LogP contribution is -2.40. The number of halogens is 1. The van der Waals surface area contributed by atoms with Gasteiger partial charge < -0.3 is 9.64 Å². The fraction of sp³-hybridized carbons (Fsp3) is 0.917. The molecular formula is C12H22BrNO2. The first-order chi connectivity index (χ1) is 7.69. The molecule has 0 saturated carbocycles. The van der Waals surface area contributed by atoms with Crippen LogP contribution in [0, 0.1) is 0 Å². The van der Waals surface area contributed by atoms with Gasteiger partial charge >= 0.3 is 0 Å². The van der Waals surface area contributed by atoms with Crippen molar-refractivity contribution in [2.75, 3.05) is 18.4 Å². The quantitative estimate of drug-likeness (QED) is 0.704. The Hall–Kier alpha value is -0.0900. The number of unbranched alkanes of at least 4 members (excludes halogenated alkanes) is 1. The first-order valence-corrected chi connectivity index (χ1v) is 7.31. The Morgan fingerprint density at radius 3 is 2.69 bits per heavy atom. The monoisotopic (exact) mass is 291 g/mol. The minimum atomic E-state index is -0.189. The van der Waals surface area contributed by atoms with E-state index >= 15 is 0 Å². The molecule has 0 aromatic carbocycles. The summed E-state index contributed by atoms with van der Waals surface area (Å²) in [5.41, 5.74) is 0. The molecule has 1 aliphatic rings. The number of hydrogen-bond acceptors (Lipinski definition) is 2. The molecule has 1 aliphatic heterocycles. The maximum atomic E-state index is 12.2. The van der Waals surface area contributed by atoms with Crippen molar-refractivity contribution in [3.63, 3.8) is 0 Å². The summed E-state index contributed by atoms with van der Waals surface area (Å²) in [5, 5.41) is 0.838. The van der Waals surface area contributed by atoms with E-state index < -0.39 is 0 Å². The van der Waals surface area contributed by atoms with E-state index in [2.05, 4.69) is 22.9 Å². The van der Waals surface area contributed by atoms with E-state index in [0.717, 1.165) is 44.1 Å². The van der Waals surface area contributed by atoms with E-state index in [-0.39, 0.29) is 18.1 Å². The molecule has 1 rings (SSSR count). The van der Waals surface area contributed by atoms with Gasteiger partial charge in [0.1, 0.15) is 6.10 Å². The van der Waals surface area contributed by atoms with Gasteiger partial charge in [-0.3, -0.25) is 4.79 Å². The summed E-state index contributed by atoms with van der Waals surface area (Å²) in [6.45, 7) is 5.82. The maximum Gasteiger partial charge on any atom is 0.251 e. The highest BCUT2D eigenvalue weighted by Crippen LogP contribution is 2.21. The van der Waals surface area contributed by atoms with Crippen LogP contribution < -0.4 is 0 Å². The number of rotatable bonds is 6. The van der Waals surface area contributed by atoms with E-state index in [1.165, 1.54) is 0 Å². The molecule has 3 nitrogen and oxygen atoms in total. The third-order valence-corrected chi connectivity index (χ3v) is 3.31. The number of carbonyl (C=O) groups is 1. The number of carbonyl (C=O) groups excluding carboxylic acids is 1. The summed E-state index contributed by atoms with van der Waals surface area (Å²) < 4.78 is 5.62. The fourth-order valence-electron chi connectivity index (χ4n) is 1.97. The molecule has 94 valence electrons. The van der Waals surface area contributed by atoms with E-state index in [0.29, 0.717) is 0 Å². The standard InChI is InChI=1S/C12H22BrNO2/c1-3-4-8-14(9-7-13)12(15)11-6-5-10(2)16-11/h10-11H,3-9H2,1-2H3. The lowest BCUT2D eigenvalue weighted by Gasteiger charge is -2.24. The van der Waals surface area contributed by atoms with Crippen molar-refractivity contribution in [1.29, 1.82) is 0 Å².